The zero-order valence-corrected chi connectivity index (χ0v) is 11.9. The van der Waals surface area contributed by atoms with Gasteiger partial charge in [-0.3, -0.25) is 0 Å². The molecule has 0 amide bonds. The highest BCUT2D eigenvalue weighted by molar-refractivity contribution is 5.57. The molecule has 102 valence electrons. The van der Waals surface area contributed by atoms with Gasteiger partial charge in [0.25, 0.3) is 0 Å². The summed E-state index contributed by atoms with van der Waals surface area (Å²) in [5, 5.41) is 9.22. The molecule has 0 bridgehead atoms. The van der Waals surface area contributed by atoms with Crippen molar-refractivity contribution in [3.05, 3.63) is 46.6 Å². The smallest absolute Gasteiger partial charge is 0.237 e. The Morgan fingerprint density at radius 1 is 1.30 bits per heavy atom. The van der Waals surface area contributed by atoms with Crippen molar-refractivity contribution in [1.29, 1.82) is 5.26 Å². The maximum Gasteiger partial charge on any atom is 0.237 e. The number of aryl methyl sites for hydroxylation is 3. The molecule has 0 saturated heterocycles. The third-order valence-corrected chi connectivity index (χ3v) is 3.11. The van der Waals surface area contributed by atoms with Crippen LogP contribution in [0.4, 0.5) is 5.69 Å². The minimum absolute atomic E-state index is 0.306. The summed E-state index contributed by atoms with van der Waals surface area (Å²) < 4.78 is 5.73. The van der Waals surface area contributed by atoms with Crippen molar-refractivity contribution >= 4 is 5.69 Å². The van der Waals surface area contributed by atoms with Crippen LogP contribution in [0.15, 0.2) is 24.3 Å². The van der Waals surface area contributed by atoms with Gasteiger partial charge in [0.2, 0.25) is 5.88 Å². The van der Waals surface area contributed by atoms with Gasteiger partial charge in [-0.25, -0.2) is 4.98 Å². The Bertz CT molecular complexity index is 687. The number of rotatable bonds is 3. The highest BCUT2D eigenvalue weighted by Crippen LogP contribution is 2.30. The van der Waals surface area contributed by atoms with Gasteiger partial charge in [0, 0.05) is 5.69 Å². The summed E-state index contributed by atoms with van der Waals surface area (Å²) in [5.41, 5.74) is 9.76. The fourth-order valence-electron chi connectivity index (χ4n) is 2.03. The fourth-order valence-corrected chi connectivity index (χ4v) is 2.03. The zero-order chi connectivity index (χ0) is 14.7. The number of nitrogens with zero attached hydrogens (tertiary/aromatic N) is 2. The quantitative estimate of drug-likeness (QED) is 0.864. The van der Waals surface area contributed by atoms with E-state index in [1.54, 1.807) is 0 Å². The number of ether oxygens (including phenoxy) is 1. The Hall–Kier alpha value is -2.54. The van der Waals surface area contributed by atoms with Gasteiger partial charge >= 0.3 is 0 Å². The second kappa shape index (κ2) is 5.62. The molecule has 4 nitrogen and oxygen atoms in total. The lowest BCUT2D eigenvalue weighted by molar-refractivity contribution is 0.461. The second-order valence-electron chi connectivity index (χ2n) is 4.70. The zero-order valence-electron chi connectivity index (χ0n) is 11.9. The molecular formula is C16H17N3O. The molecule has 0 aliphatic carbocycles. The van der Waals surface area contributed by atoms with Crippen LogP contribution in [0, 0.1) is 25.2 Å². The molecule has 0 fully saturated rings. The molecule has 2 aromatic rings. The summed E-state index contributed by atoms with van der Waals surface area (Å²) in [6.45, 7) is 5.79. The second-order valence-corrected chi connectivity index (χ2v) is 4.70. The summed E-state index contributed by atoms with van der Waals surface area (Å²) >= 11 is 0. The molecule has 0 spiro atoms. The van der Waals surface area contributed by atoms with Crippen molar-refractivity contribution in [2.24, 2.45) is 0 Å². The molecule has 4 heteroatoms. The number of nitriles is 1. The van der Waals surface area contributed by atoms with E-state index >= 15 is 0 Å². The molecule has 0 aliphatic rings. The number of hydrogen-bond donors (Lipinski definition) is 1. The van der Waals surface area contributed by atoms with Gasteiger partial charge in [-0.1, -0.05) is 13.0 Å². The van der Waals surface area contributed by atoms with Crippen molar-refractivity contribution < 1.29 is 4.74 Å². The van der Waals surface area contributed by atoms with Crippen molar-refractivity contribution in [2.45, 2.75) is 27.2 Å². The molecule has 0 unspecified atom stereocenters. The molecule has 0 atom stereocenters. The first-order valence-electron chi connectivity index (χ1n) is 6.49. The molecule has 0 radical (unpaired) electrons. The van der Waals surface area contributed by atoms with Gasteiger partial charge in [-0.05, 0) is 49.6 Å². The standard InChI is InChI=1S/C16H17N3O/c1-4-12-5-6-15(14(18)8-12)20-16-13(9-17)10(2)7-11(3)19-16/h5-8H,4,18H2,1-3H3. The molecule has 2 N–H and O–H groups in total. The SMILES string of the molecule is CCc1ccc(Oc2nc(C)cc(C)c2C#N)c(N)c1. The van der Waals surface area contributed by atoms with Crippen LogP contribution in [0.5, 0.6) is 11.6 Å². The van der Waals surface area contributed by atoms with Gasteiger partial charge in [-0.2, -0.15) is 5.26 Å². The average Bonchev–Trinajstić information content (AvgIpc) is 2.40. The molecule has 1 aromatic heterocycles. The van der Waals surface area contributed by atoms with Crippen LogP contribution in [0.2, 0.25) is 0 Å². The number of anilines is 1. The van der Waals surface area contributed by atoms with E-state index < -0.39 is 0 Å². The van der Waals surface area contributed by atoms with Gasteiger partial charge in [0.15, 0.2) is 5.75 Å². The van der Waals surface area contributed by atoms with Crippen LogP contribution in [-0.2, 0) is 6.42 Å². The third-order valence-electron chi connectivity index (χ3n) is 3.11. The minimum Gasteiger partial charge on any atom is -0.435 e. The van der Waals surface area contributed by atoms with Crippen LogP contribution in [0.1, 0.15) is 29.3 Å². The maximum absolute atomic E-state index is 9.22. The Labute approximate surface area is 118 Å². The van der Waals surface area contributed by atoms with E-state index in [2.05, 4.69) is 18.0 Å². The number of benzene rings is 1. The number of nitrogen functional groups attached to an aromatic ring is 1. The number of aromatic nitrogens is 1. The normalized spacial score (nSPS) is 10.1. The van der Waals surface area contributed by atoms with Crippen molar-refractivity contribution in [1.82, 2.24) is 4.98 Å². The molecule has 1 aromatic carbocycles. The van der Waals surface area contributed by atoms with Gasteiger partial charge in [0.05, 0.1) is 5.69 Å². The highest BCUT2D eigenvalue weighted by Gasteiger charge is 2.12. The monoisotopic (exact) mass is 267 g/mol. The van der Waals surface area contributed by atoms with Gasteiger partial charge < -0.3 is 10.5 Å². The molecular weight excluding hydrogens is 250 g/mol. The first-order valence-corrected chi connectivity index (χ1v) is 6.49. The summed E-state index contributed by atoms with van der Waals surface area (Å²) in [7, 11) is 0. The summed E-state index contributed by atoms with van der Waals surface area (Å²) in [6.07, 6.45) is 0.912. The summed E-state index contributed by atoms with van der Waals surface area (Å²) in [4.78, 5) is 4.28. The first-order chi connectivity index (χ1) is 9.55. The predicted octanol–water partition coefficient (Wildman–Crippen LogP) is 3.51. The molecule has 1 heterocycles. The lowest BCUT2D eigenvalue weighted by Crippen LogP contribution is -1.99. The van der Waals surface area contributed by atoms with E-state index in [9.17, 15) is 5.26 Å². The Morgan fingerprint density at radius 2 is 2.05 bits per heavy atom. The number of pyridine rings is 1. The number of hydrogen-bond acceptors (Lipinski definition) is 4. The van der Waals surface area contributed by atoms with Gasteiger partial charge in [-0.15, -0.1) is 0 Å². The van der Waals surface area contributed by atoms with E-state index in [1.165, 1.54) is 0 Å². The van der Waals surface area contributed by atoms with Crippen molar-refractivity contribution in [3.8, 4) is 17.7 Å². The average molecular weight is 267 g/mol. The van der Waals surface area contributed by atoms with E-state index in [0.717, 1.165) is 23.2 Å². The fraction of sp³-hybridized carbons (Fsp3) is 0.250. The topological polar surface area (TPSA) is 71.9 Å². The predicted molar refractivity (Wildman–Crippen MR) is 78.7 cm³/mol. The molecule has 0 aliphatic heterocycles. The van der Waals surface area contributed by atoms with Crippen LogP contribution in [0.25, 0.3) is 0 Å². The van der Waals surface area contributed by atoms with Crippen LogP contribution in [-0.4, -0.2) is 4.98 Å². The van der Waals surface area contributed by atoms with Gasteiger partial charge in [0.1, 0.15) is 11.6 Å². The Balaban J connectivity index is 2.42. The third kappa shape index (κ3) is 2.72. The van der Waals surface area contributed by atoms with E-state index in [4.69, 9.17) is 10.5 Å². The summed E-state index contributed by atoms with van der Waals surface area (Å²) in [5.74, 6) is 0.831. The lowest BCUT2D eigenvalue weighted by Gasteiger charge is -2.11. The highest BCUT2D eigenvalue weighted by atomic mass is 16.5. The first kappa shape index (κ1) is 13.9. The van der Waals surface area contributed by atoms with E-state index in [-0.39, 0.29) is 0 Å². The molecule has 2 rings (SSSR count). The Kier molecular flexibility index (Phi) is 3.90. The van der Waals surface area contributed by atoms with E-state index in [0.29, 0.717) is 22.9 Å². The van der Waals surface area contributed by atoms with Crippen LogP contribution < -0.4 is 10.5 Å². The van der Waals surface area contributed by atoms with E-state index in [1.807, 2.05) is 38.1 Å². The minimum atomic E-state index is 0.306. The largest absolute Gasteiger partial charge is 0.435 e. The Morgan fingerprint density at radius 3 is 2.65 bits per heavy atom. The summed E-state index contributed by atoms with van der Waals surface area (Å²) in [6, 6.07) is 9.63. The van der Waals surface area contributed by atoms with Crippen molar-refractivity contribution in [3.63, 3.8) is 0 Å². The maximum atomic E-state index is 9.22. The number of nitrogens with two attached hydrogens (primary N) is 1. The van der Waals surface area contributed by atoms with Crippen LogP contribution >= 0.6 is 0 Å². The molecule has 0 saturated carbocycles. The molecule has 20 heavy (non-hydrogen) atoms. The van der Waals surface area contributed by atoms with Crippen molar-refractivity contribution in [2.75, 3.05) is 5.73 Å². The lowest BCUT2D eigenvalue weighted by atomic mass is 10.1. The van der Waals surface area contributed by atoms with Crippen LogP contribution in [0.3, 0.4) is 0 Å².